The molecule has 1 N–H and O–H groups in total. The number of nitrogens with one attached hydrogen (secondary N) is 1. The number of imidazole rings is 1. The number of carbonyl (C=O) groups is 1. The molecule has 2 aromatic heterocycles. The Bertz CT molecular complexity index is 643. The van der Waals surface area contributed by atoms with Crippen LogP contribution in [0.25, 0.3) is 0 Å². The molecule has 6 heteroatoms. The molecule has 0 radical (unpaired) electrons. The SMILES string of the molecule is Cc1ccnc(N2CCN(C(=O)c3cnc(C)[nH]3)CC2)c1. The van der Waals surface area contributed by atoms with E-state index in [9.17, 15) is 4.79 Å². The van der Waals surface area contributed by atoms with E-state index in [-0.39, 0.29) is 5.91 Å². The Morgan fingerprint density at radius 2 is 1.95 bits per heavy atom. The van der Waals surface area contributed by atoms with Crippen LogP contribution in [0.4, 0.5) is 5.82 Å². The lowest BCUT2D eigenvalue weighted by Crippen LogP contribution is -2.49. The summed E-state index contributed by atoms with van der Waals surface area (Å²) in [6, 6.07) is 4.07. The molecule has 3 rings (SSSR count). The molecule has 1 fully saturated rings. The largest absolute Gasteiger partial charge is 0.353 e. The third kappa shape index (κ3) is 2.89. The second-order valence-corrected chi connectivity index (χ2v) is 5.35. The number of hydrogen-bond donors (Lipinski definition) is 1. The lowest BCUT2D eigenvalue weighted by Gasteiger charge is -2.35. The Balaban J connectivity index is 1.64. The van der Waals surface area contributed by atoms with Crippen LogP contribution in [-0.4, -0.2) is 51.9 Å². The zero-order valence-corrected chi connectivity index (χ0v) is 12.3. The molecule has 1 aliphatic rings. The van der Waals surface area contributed by atoms with Crippen LogP contribution in [-0.2, 0) is 0 Å². The van der Waals surface area contributed by atoms with Gasteiger partial charge in [-0.1, -0.05) is 0 Å². The summed E-state index contributed by atoms with van der Waals surface area (Å²) in [7, 11) is 0. The van der Waals surface area contributed by atoms with E-state index < -0.39 is 0 Å². The van der Waals surface area contributed by atoms with Crippen molar-refractivity contribution in [2.45, 2.75) is 13.8 Å². The van der Waals surface area contributed by atoms with Crippen LogP contribution in [0, 0.1) is 13.8 Å². The molecule has 0 saturated carbocycles. The van der Waals surface area contributed by atoms with Gasteiger partial charge in [0, 0.05) is 32.4 Å². The molecule has 3 heterocycles. The number of amides is 1. The van der Waals surface area contributed by atoms with E-state index in [4.69, 9.17) is 0 Å². The Morgan fingerprint density at radius 3 is 2.57 bits per heavy atom. The van der Waals surface area contributed by atoms with E-state index >= 15 is 0 Å². The highest BCUT2D eigenvalue weighted by Gasteiger charge is 2.23. The first-order valence-corrected chi connectivity index (χ1v) is 7.12. The van der Waals surface area contributed by atoms with E-state index in [1.54, 1.807) is 6.20 Å². The smallest absolute Gasteiger partial charge is 0.272 e. The topological polar surface area (TPSA) is 65.1 Å². The number of carbonyl (C=O) groups excluding carboxylic acids is 1. The van der Waals surface area contributed by atoms with Gasteiger partial charge >= 0.3 is 0 Å². The van der Waals surface area contributed by atoms with Gasteiger partial charge in [-0.2, -0.15) is 0 Å². The summed E-state index contributed by atoms with van der Waals surface area (Å²) in [4.78, 5) is 27.9. The monoisotopic (exact) mass is 285 g/mol. The highest BCUT2D eigenvalue weighted by Crippen LogP contribution is 2.15. The van der Waals surface area contributed by atoms with Crippen molar-refractivity contribution in [1.82, 2.24) is 19.9 Å². The lowest BCUT2D eigenvalue weighted by molar-refractivity contribution is 0.0741. The molecule has 110 valence electrons. The Morgan fingerprint density at radius 1 is 1.19 bits per heavy atom. The van der Waals surface area contributed by atoms with Gasteiger partial charge in [-0.15, -0.1) is 0 Å². The van der Waals surface area contributed by atoms with Gasteiger partial charge in [0.05, 0.1) is 6.20 Å². The van der Waals surface area contributed by atoms with Crippen molar-refractivity contribution in [2.75, 3.05) is 31.1 Å². The van der Waals surface area contributed by atoms with Crippen LogP contribution < -0.4 is 4.90 Å². The van der Waals surface area contributed by atoms with E-state index in [1.807, 2.05) is 24.1 Å². The Hall–Kier alpha value is -2.37. The van der Waals surface area contributed by atoms with Crippen LogP contribution in [0.1, 0.15) is 21.9 Å². The number of aromatic amines is 1. The molecular weight excluding hydrogens is 266 g/mol. The van der Waals surface area contributed by atoms with Crippen molar-refractivity contribution >= 4 is 11.7 Å². The first kappa shape index (κ1) is 13.6. The molecule has 1 saturated heterocycles. The average molecular weight is 285 g/mol. The van der Waals surface area contributed by atoms with Gasteiger partial charge in [0.1, 0.15) is 17.3 Å². The molecule has 1 amide bonds. The minimum absolute atomic E-state index is 0.0208. The molecule has 0 spiro atoms. The molecule has 0 atom stereocenters. The number of rotatable bonds is 2. The molecule has 0 aliphatic carbocycles. The number of piperazine rings is 1. The molecule has 0 aromatic carbocycles. The van der Waals surface area contributed by atoms with Crippen LogP contribution in [0.15, 0.2) is 24.5 Å². The highest BCUT2D eigenvalue weighted by atomic mass is 16.2. The summed E-state index contributed by atoms with van der Waals surface area (Å²) in [5, 5.41) is 0. The van der Waals surface area contributed by atoms with Crippen LogP contribution in [0.2, 0.25) is 0 Å². The minimum atomic E-state index is 0.0208. The van der Waals surface area contributed by atoms with Gasteiger partial charge < -0.3 is 14.8 Å². The van der Waals surface area contributed by atoms with E-state index in [0.29, 0.717) is 18.8 Å². The number of hydrogen-bond acceptors (Lipinski definition) is 4. The summed E-state index contributed by atoms with van der Waals surface area (Å²) in [6.45, 7) is 6.91. The van der Waals surface area contributed by atoms with Gasteiger partial charge in [0.2, 0.25) is 0 Å². The molecule has 2 aromatic rings. The second kappa shape index (κ2) is 5.55. The predicted octanol–water partition coefficient (Wildman–Crippen LogP) is 1.38. The third-order valence-electron chi connectivity index (χ3n) is 3.73. The van der Waals surface area contributed by atoms with Gasteiger partial charge in [-0.25, -0.2) is 9.97 Å². The number of H-pyrrole nitrogens is 1. The zero-order valence-electron chi connectivity index (χ0n) is 12.3. The lowest BCUT2D eigenvalue weighted by atomic mass is 10.2. The normalized spacial score (nSPS) is 15.3. The molecule has 0 bridgehead atoms. The average Bonchev–Trinajstić information content (AvgIpc) is 2.93. The molecule has 1 aliphatic heterocycles. The summed E-state index contributed by atoms with van der Waals surface area (Å²) in [6.07, 6.45) is 3.43. The fourth-order valence-electron chi connectivity index (χ4n) is 2.53. The molecule has 0 unspecified atom stereocenters. The number of nitrogens with zero attached hydrogens (tertiary/aromatic N) is 4. The standard InChI is InChI=1S/C15H19N5O/c1-11-3-4-16-14(9-11)19-5-7-20(8-6-19)15(21)13-10-17-12(2)18-13/h3-4,9-10H,5-8H2,1-2H3,(H,17,18). The van der Waals surface area contributed by atoms with Crippen LogP contribution in [0.5, 0.6) is 0 Å². The maximum atomic E-state index is 12.3. The second-order valence-electron chi connectivity index (χ2n) is 5.35. The van der Waals surface area contributed by atoms with Crippen LogP contribution in [0.3, 0.4) is 0 Å². The van der Waals surface area contributed by atoms with Crippen molar-refractivity contribution in [1.29, 1.82) is 0 Å². The number of aryl methyl sites for hydroxylation is 2. The first-order chi connectivity index (χ1) is 10.1. The number of anilines is 1. The minimum Gasteiger partial charge on any atom is -0.353 e. The van der Waals surface area contributed by atoms with Gasteiger partial charge in [0.25, 0.3) is 5.91 Å². The maximum absolute atomic E-state index is 12.3. The Labute approximate surface area is 123 Å². The molecule has 21 heavy (non-hydrogen) atoms. The summed E-state index contributed by atoms with van der Waals surface area (Å²) in [5.41, 5.74) is 1.76. The molecular formula is C15H19N5O. The van der Waals surface area contributed by atoms with Crippen molar-refractivity contribution in [2.24, 2.45) is 0 Å². The van der Waals surface area contributed by atoms with E-state index in [1.165, 1.54) is 5.56 Å². The third-order valence-corrected chi connectivity index (χ3v) is 3.73. The number of pyridine rings is 1. The van der Waals surface area contributed by atoms with Crippen molar-refractivity contribution in [3.05, 3.63) is 41.6 Å². The fraction of sp³-hybridized carbons (Fsp3) is 0.400. The van der Waals surface area contributed by atoms with Crippen molar-refractivity contribution < 1.29 is 4.79 Å². The van der Waals surface area contributed by atoms with Crippen molar-refractivity contribution in [3.63, 3.8) is 0 Å². The maximum Gasteiger partial charge on any atom is 0.272 e. The predicted molar refractivity (Wildman–Crippen MR) is 80.4 cm³/mol. The van der Waals surface area contributed by atoms with Gasteiger partial charge in [-0.3, -0.25) is 4.79 Å². The Kier molecular flexibility index (Phi) is 3.60. The molecule has 6 nitrogen and oxygen atoms in total. The summed E-state index contributed by atoms with van der Waals surface area (Å²) >= 11 is 0. The van der Waals surface area contributed by atoms with Gasteiger partial charge in [-0.05, 0) is 31.5 Å². The first-order valence-electron chi connectivity index (χ1n) is 7.12. The van der Waals surface area contributed by atoms with E-state index in [0.717, 1.165) is 24.7 Å². The zero-order chi connectivity index (χ0) is 14.8. The van der Waals surface area contributed by atoms with Crippen LogP contribution >= 0.6 is 0 Å². The number of aromatic nitrogens is 3. The van der Waals surface area contributed by atoms with Gasteiger partial charge in [0.15, 0.2) is 0 Å². The summed E-state index contributed by atoms with van der Waals surface area (Å²) < 4.78 is 0. The quantitative estimate of drug-likeness (QED) is 0.905. The van der Waals surface area contributed by atoms with Crippen molar-refractivity contribution in [3.8, 4) is 0 Å². The summed E-state index contributed by atoms with van der Waals surface area (Å²) in [5.74, 6) is 1.77. The fourth-order valence-corrected chi connectivity index (χ4v) is 2.53. The highest BCUT2D eigenvalue weighted by molar-refractivity contribution is 5.92. The van der Waals surface area contributed by atoms with E-state index in [2.05, 4.69) is 32.8 Å².